The number of carboxylic acids is 1. The molecule has 0 aromatic heterocycles. The fourth-order valence-electron chi connectivity index (χ4n) is 2.23. The molecule has 0 fully saturated rings. The highest BCUT2D eigenvalue weighted by Gasteiger charge is 2.21. The first-order valence-electron chi connectivity index (χ1n) is 6.68. The Morgan fingerprint density at radius 3 is 2.14 bits per heavy atom. The largest absolute Gasteiger partial charge is 0.481 e. The number of carbonyl (C=O) groups is 1. The Morgan fingerprint density at radius 2 is 1.62 bits per heavy atom. The molecule has 21 heavy (non-hydrogen) atoms. The van der Waals surface area contributed by atoms with Crippen LogP contribution < -0.4 is 0 Å². The van der Waals surface area contributed by atoms with Gasteiger partial charge >= 0.3 is 5.97 Å². The molecule has 1 N–H and O–H groups in total. The summed E-state index contributed by atoms with van der Waals surface area (Å²) in [4.78, 5) is 11.5. The average molecular weight is 323 g/mol. The summed E-state index contributed by atoms with van der Waals surface area (Å²) >= 11 is 12.2. The van der Waals surface area contributed by atoms with E-state index in [0.717, 1.165) is 11.1 Å². The van der Waals surface area contributed by atoms with Gasteiger partial charge in [0.1, 0.15) is 0 Å². The first kappa shape index (κ1) is 15.9. The summed E-state index contributed by atoms with van der Waals surface area (Å²) in [7, 11) is 0. The van der Waals surface area contributed by atoms with E-state index >= 15 is 0 Å². The molecule has 0 saturated heterocycles. The third kappa shape index (κ3) is 4.23. The molecule has 0 heterocycles. The van der Waals surface area contributed by atoms with Crippen LogP contribution in [0.4, 0.5) is 0 Å². The van der Waals surface area contributed by atoms with Gasteiger partial charge < -0.3 is 5.11 Å². The zero-order valence-corrected chi connectivity index (χ0v) is 13.2. The summed E-state index contributed by atoms with van der Waals surface area (Å²) in [5, 5.41) is 10.5. The summed E-state index contributed by atoms with van der Waals surface area (Å²) in [6, 6.07) is 13.1. The maximum atomic E-state index is 11.5. The lowest BCUT2D eigenvalue weighted by Gasteiger charge is -2.15. The number of hydrogen-bond acceptors (Lipinski definition) is 1. The Morgan fingerprint density at radius 1 is 1.05 bits per heavy atom. The fourth-order valence-corrected chi connectivity index (χ4v) is 2.78. The molecule has 0 bridgehead atoms. The predicted molar refractivity (Wildman–Crippen MR) is 86.2 cm³/mol. The van der Waals surface area contributed by atoms with Crippen LogP contribution in [0.5, 0.6) is 0 Å². The number of carboxylic acid groups (broad SMARTS) is 1. The quantitative estimate of drug-likeness (QED) is 0.859. The van der Waals surface area contributed by atoms with E-state index in [0.29, 0.717) is 28.5 Å². The Balaban J connectivity index is 2.20. The van der Waals surface area contributed by atoms with E-state index in [4.69, 9.17) is 23.2 Å². The SMILES string of the molecule is Cc1ccc(CC(Cc2c(Cl)cccc2Cl)C(=O)O)cc1. The molecule has 110 valence electrons. The monoisotopic (exact) mass is 322 g/mol. The summed E-state index contributed by atoms with van der Waals surface area (Å²) in [6.45, 7) is 2.00. The van der Waals surface area contributed by atoms with Gasteiger partial charge in [-0.1, -0.05) is 59.1 Å². The topological polar surface area (TPSA) is 37.3 Å². The van der Waals surface area contributed by atoms with Crippen LogP contribution in [0.3, 0.4) is 0 Å². The molecule has 0 saturated carbocycles. The molecule has 0 radical (unpaired) electrons. The van der Waals surface area contributed by atoms with Gasteiger partial charge in [0.2, 0.25) is 0 Å². The maximum Gasteiger partial charge on any atom is 0.307 e. The van der Waals surface area contributed by atoms with Crippen molar-refractivity contribution in [2.24, 2.45) is 5.92 Å². The van der Waals surface area contributed by atoms with Gasteiger partial charge in [-0.3, -0.25) is 4.79 Å². The van der Waals surface area contributed by atoms with Crippen LogP contribution >= 0.6 is 23.2 Å². The second-order valence-corrected chi connectivity index (χ2v) is 5.94. The molecule has 1 unspecified atom stereocenters. The van der Waals surface area contributed by atoms with E-state index in [1.54, 1.807) is 18.2 Å². The van der Waals surface area contributed by atoms with Crippen LogP contribution in [0.25, 0.3) is 0 Å². The molecule has 0 aliphatic heterocycles. The number of hydrogen-bond donors (Lipinski definition) is 1. The number of rotatable bonds is 5. The molecule has 0 aliphatic carbocycles. The lowest BCUT2D eigenvalue weighted by atomic mass is 9.92. The van der Waals surface area contributed by atoms with Gasteiger partial charge in [0, 0.05) is 10.0 Å². The van der Waals surface area contributed by atoms with Crippen LogP contribution in [0.1, 0.15) is 16.7 Å². The molecule has 4 heteroatoms. The molecule has 2 nitrogen and oxygen atoms in total. The maximum absolute atomic E-state index is 11.5. The third-order valence-corrected chi connectivity index (χ3v) is 4.17. The molecule has 1 atom stereocenters. The number of halogens is 2. The van der Waals surface area contributed by atoms with Gasteiger partial charge in [-0.05, 0) is 43.0 Å². The fraction of sp³-hybridized carbons (Fsp3) is 0.235. The van der Waals surface area contributed by atoms with E-state index < -0.39 is 11.9 Å². The van der Waals surface area contributed by atoms with Gasteiger partial charge in [0.15, 0.2) is 0 Å². The number of benzene rings is 2. The van der Waals surface area contributed by atoms with Crippen molar-refractivity contribution in [1.82, 2.24) is 0 Å². The highest BCUT2D eigenvalue weighted by Crippen LogP contribution is 2.28. The van der Waals surface area contributed by atoms with Crippen LogP contribution in [0.15, 0.2) is 42.5 Å². The third-order valence-electron chi connectivity index (χ3n) is 3.46. The smallest absolute Gasteiger partial charge is 0.307 e. The first-order chi connectivity index (χ1) is 9.97. The van der Waals surface area contributed by atoms with Gasteiger partial charge in [0.25, 0.3) is 0 Å². The Bertz CT molecular complexity index is 615. The molecular formula is C17H16Cl2O2. The van der Waals surface area contributed by atoms with Crippen molar-refractivity contribution < 1.29 is 9.90 Å². The van der Waals surface area contributed by atoms with E-state index in [2.05, 4.69) is 0 Å². The van der Waals surface area contributed by atoms with Crippen LogP contribution in [-0.4, -0.2) is 11.1 Å². The molecule has 0 spiro atoms. The van der Waals surface area contributed by atoms with Crippen molar-refractivity contribution in [2.45, 2.75) is 19.8 Å². The first-order valence-corrected chi connectivity index (χ1v) is 7.44. The highest BCUT2D eigenvalue weighted by molar-refractivity contribution is 6.36. The molecular weight excluding hydrogens is 307 g/mol. The minimum Gasteiger partial charge on any atom is -0.481 e. The van der Waals surface area contributed by atoms with E-state index in [1.165, 1.54) is 0 Å². The van der Waals surface area contributed by atoms with Gasteiger partial charge in [-0.25, -0.2) is 0 Å². The van der Waals surface area contributed by atoms with Crippen molar-refractivity contribution in [3.8, 4) is 0 Å². The normalized spacial score (nSPS) is 12.1. The van der Waals surface area contributed by atoms with Crippen LogP contribution in [0.2, 0.25) is 10.0 Å². The van der Waals surface area contributed by atoms with E-state index in [9.17, 15) is 9.90 Å². The average Bonchev–Trinajstić information content (AvgIpc) is 2.43. The van der Waals surface area contributed by atoms with Crippen LogP contribution in [-0.2, 0) is 17.6 Å². The van der Waals surface area contributed by atoms with Gasteiger partial charge in [-0.2, -0.15) is 0 Å². The predicted octanol–water partition coefficient (Wildman–Crippen LogP) is 4.79. The highest BCUT2D eigenvalue weighted by atomic mass is 35.5. The Labute approximate surface area is 134 Å². The van der Waals surface area contributed by atoms with Crippen molar-refractivity contribution in [3.05, 3.63) is 69.2 Å². The van der Waals surface area contributed by atoms with Gasteiger partial charge in [-0.15, -0.1) is 0 Å². The Kier molecular flexibility index (Phi) is 5.27. The van der Waals surface area contributed by atoms with Crippen LogP contribution in [0, 0.1) is 12.8 Å². The summed E-state index contributed by atoms with van der Waals surface area (Å²) in [6.07, 6.45) is 0.777. The molecule has 0 aliphatic rings. The summed E-state index contributed by atoms with van der Waals surface area (Å²) < 4.78 is 0. The van der Waals surface area contributed by atoms with Crippen molar-refractivity contribution in [2.75, 3.05) is 0 Å². The second-order valence-electron chi connectivity index (χ2n) is 5.13. The number of aryl methyl sites for hydroxylation is 1. The summed E-state index contributed by atoms with van der Waals surface area (Å²) in [5.74, 6) is -1.39. The second kappa shape index (κ2) is 6.97. The lowest BCUT2D eigenvalue weighted by molar-refractivity contribution is -0.141. The Hall–Kier alpha value is -1.51. The molecule has 2 aromatic carbocycles. The summed E-state index contributed by atoms with van der Waals surface area (Å²) in [5.41, 5.74) is 2.84. The standard InChI is InChI=1S/C17H16Cl2O2/c1-11-5-7-12(8-6-11)9-13(17(20)21)10-14-15(18)3-2-4-16(14)19/h2-8,13H,9-10H2,1H3,(H,20,21). The number of aliphatic carboxylic acids is 1. The van der Waals surface area contributed by atoms with Crippen molar-refractivity contribution in [1.29, 1.82) is 0 Å². The van der Waals surface area contributed by atoms with Crippen molar-refractivity contribution >= 4 is 29.2 Å². The lowest BCUT2D eigenvalue weighted by Crippen LogP contribution is -2.19. The molecule has 0 amide bonds. The molecule has 2 rings (SSSR count). The minimum absolute atomic E-state index is 0.321. The van der Waals surface area contributed by atoms with E-state index in [-0.39, 0.29) is 0 Å². The van der Waals surface area contributed by atoms with Crippen molar-refractivity contribution in [3.63, 3.8) is 0 Å². The zero-order chi connectivity index (χ0) is 15.4. The molecule has 2 aromatic rings. The minimum atomic E-state index is -0.841. The van der Waals surface area contributed by atoms with Gasteiger partial charge in [0.05, 0.1) is 5.92 Å². The van der Waals surface area contributed by atoms with E-state index in [1.807, 2.05) is 31.2 Å². The zero-order valence-electron chi connectivity index (χ0n) is 11.6.